The molecule has 2 heterocycles. The number of aryl methyl sites for hydroxylation is 1. The van der Waals surface area contributed by atoms with E-state index in [1.54, 1.807) is 6.07 Å². The molecule has 2 aliphatic rings. The van der Waals surface area contributed by atoms with Crippen molar-refractivity contribution in [3.8, 4) is 0 Å². The summed E-state index contributed by atoms with van der Waals surface area (Å²) in [5, 5.41) is 0. The Kier molecular flexibility index (Phi) is 4.16. The van der Waals surface area contributed by atoms with Crippen LogP contribution < -0.4 is 4.90 Å². The van der Waals surface area contributed by atoms with Gasteiger partial charge in [0, 0.05) is 36.1 Å². The van der Waals surface area contributed by atoms with E-state index in [9.17, 15) is 4.79 Å². The third kappa shape index (κ3) is 2.88. The summed E-state index contributed by atoms with van der Waals surface area (Å²) >= 11 is 0. The van der Waals surface area contributed by atoms with Gasteiger partial charge in [0.25, 0.3) is 0 Å². The number of fused-ring (bicyclic) bond motifs is 1. The summed E-state index contributed by atoms with van der Waals surface area (Å²) in [4.78, 5) is 19.4. The van der Waals surface area contributed by atoms with Crippen LogP contribution in [0.15, 0.2) is 54.2 Å². The summed E-state index contributed by atoms with van der Waals surface area (Å²) in [6.45, 7) is 1.92. The van der Waals surface area contributed by atoms with Gasteiger partial charge in [-0.3, -0.25) is 4.79 Å². The van der Waals surface area contributed by atoms with Crippen LogP contribution in [0.25, 0.3) is 0 Å². The van der Waals surface area contributed by atoms with Crippen molar-refractivity contribution in [1.29, 1.82) is 0 Å². The quantitative estimate of drug-likeness (QED) is 0.593. The molecule has 1 aliphatic carbocycles. The lowest BCUT2D eigenvalue weighted by atomic mass is 9.84. The largest absolute Gasteiger partial charge is 0.347 e. The van der Waals surface area contributed by atoms with Crippen LogP contribution in [0, 0.1) is 12.8 Å². The van der Waals surface area contributed by atoms with Crippen LogP contribution in [0.5, 0.6) is 0 Å². The summed E-state index contributed by atoms with van der Waals surface area (Å²) < 4.78 is 0. The molecular weight excluding hydrogens is 308 g/mol. The molecule has 0 N–H and O–H groups in total. The minimum Gasteiger partial charge on any atom is -0.347 e. The fraction of sp³-hybridized carbons (Fsp3) is 0.364. The Labute approximate surface area is 149 Å². The summed E-state index contributed by atoms with van der Waals surface area (Å²) in [5.74, 6) is 0.967. The number of likely N-dealkylation sites (N-methyl/N-ethyl adjacent to an activating group) is 1. The van der Waals surface area contributed by atoms with Gasteiger partial charge >= 0.3 is 0 Å². The van der Waals surface area contributed by atoms with Crippen molar-refractivity contribution < 1.29 is 4.79 Å². The van der Waals surface area contributed by atoms with E-state index in [0.29, 0.717) is 17.5 Å². The molecule has 3 nitrogen and oxygen atoms in total. The zero-order chi connectivity index (χ0) is 17.4. The molecule has 1 atom stereocenters. The van der Waals surface area contributed by atoms with Crippen LogP contribution in [0.4, 0.5) is 5.69 Å². The molecule has 0 bridgehead atoms. The second-order valence-electron chi connectivity index (χ2n) is 7.24. The molecule has 1 saturated carbocycles. The maximum Gasteiger partial charge on any atom is 0.205 e. The molecule has 128 valence electrons. The van der Waals surface area contributed by atoms with Crippen molar-refractivity contribution in [3.05, 3.63) is 71.2 Å². The molecule has 0 saturated heterocycles. The van der Waals surface area contributed by atoms with Crippen LogP contribution >= 0.6 is 0 Å². The molecule has 1 aromatic carbocycles. The second kappa shape index (κ2) is 6.47. The molecular formula is C22H24N2O. The number of hydrogen-bond acceptors (Lipinski definition) is 3. The van der Waals surface area contributed by atoms with E-state index in [1.165, 1.54) is 36.9 Å². The van der Waals surface area contributed by atoms with Gasteiger partial charge in [0.15, 0.2) is 0 Å². The molecule has 0 amide bonds. The number of allylic oxidation sites excluding steroid dienone is 2. The van der Waals surface area contributed by atoms with Crippen molar-refractivity contribution in [2.24, 2.45) is 5.92 Å². The predicted octanol–water partition coefficient (Wildman–Crippen LogP) is 4.88. The minimum atomic E-state index is 0.00125. The molecule has 1 unspecified atom stereocenters. The van der Waals surface area contributed by atoms with Gasteiger partial charge in [-0.2, -0.15) is 0 Å². The highest BCUT2D eigenvalue weighted by Gasteiger charge is 2.38. The number of ketones is 1. The van der Waals surface area contributed by atoms with Gasteiger partial charge in [-0.1, -0.05) is 37.1 Å². The first-order valence-electron chi connectivity index (χ1n) is 9.17. The van der Waals surface area contributed by atoms with E-state index < -0.39 is 0 Å². The summed E-state index contributed by atoms with van der Waals surface area (Å²) in [6, 6.07) is 14.2. The molecule has 3 heteroatoms. The van der Waals surface area contributed by atoms with E-state index in [0.717, 1.165) is 11.4 Å². The number of carbonyl (C=O) groups is 1. The van der Waals surface area contributed by atoms with Gasteiger partial charge in [-0.25, -0.2) is 4.98 Å². The first-order chi connectivity index (χ1) is 12.1. The lowest BCUT2D eigenvalue weighted by molar-refractivity contribution is 0.104. The van der Waals surface area contributed by atoms with Gasteiger partial charge < -0.3 is 4.90 Å². The lowest BCUT2D eigenvalue weighted by Crippen LogP contribution is -2.19. The highest BCUT2D eigenvalue weighted by Crippen LogP contribution is 2.50. The zero-order valence-corrected chi connectivity index (χ0v) is 14.9. The molecule has 0 radical (unpaired) electrons. The monoisotopic (exact) mass is 332 g/mol. The van der Waals surface area contributed by atoms with E-state index in [-0.39, 0.29) is 5.78 Å². The number of para-hydroxylation sites is 1. The zero-order valence-electron chi connectivity index (χ0n) is 14.9. The fourth-order valence-electron chi connectivity index (χ4n) is 4.42. The van der Waals surface area contributed by atoms with Crippen LogP contribution in [0.2, 0.25) is 0 Å². The van der Waals surface area contributed by atoms with Crippen molar-refractivity contribution >= 4 is 11.5 Å². The van der Waals surface area contributed by atoms with E-state index in [4.69, 9.17) is 0 Å². The third-order valence-corrected chi connectivity index (χ3v) is 5.63. The fourth-order valence-corrected chi connectivity index (χ4v) is 4.42. The van der Waals surface area contributed by atoms with E-state index >= 15 is 0 Å². The average Bonchev–Trinajstić information content (AvgIpc) is 3.23. The van der Waals surface area contributed by atoms with Crippen LogP contribution in [0.1, 0.15) is 53.3 Å². The predicted molar refractivity (Wildman–Crippen MR) is 101 cm³/mol. The van der Waals surface area contributed by atoms with E-state index in [1.807, 2.05) is 25.1 Å². The Morgan fingerprint density at radius 1 is 1.12 bits per heavy atom. The third-order valence-electron chi connectivity index (χ3n) is 5.63. The van der Waals surface area contributed by atoms with Crippen LogP contribution in [0.3, 0.4) is 0 Å². The van der Waals surface area contributed by atoms with Gasteiger partial charge in [-0.05, 0) is 49.4 Å². The van der Waals surface area contributed by atoms with Crippen LogP contribution in [-0.4, -0.2) is 17.8 Å². The topological polar surface area (TPSA) is 33.2 Å². The Balaban J connectivity index is 1.75. The molecule has 1 aliphatic heterocycles. The van der Waals surface area contributed by atoms with Crippen molar-refractivity contribution in [1.82, 2.24) is 4.98 Å². The first-order valence-corrected chi connectivity index (χ1v) is 9.17. The number of carbonyl (C=O) groups excluding carboxylic acids is 1. The SMILES string of the molecule is Cc1cccc(C(=O)C=C2C(C3CCCC3)c3ccccc3N2C)n1. The molecule has 4 rings (SSSR count). The summed E-state index contributed by atoms with van der Waals surface area (Å²) in [6.07, 6.45) is 6.92. The summed E-state index contributed by atoms with van der Waals surface area (Å²) in [5.41, 5.74) is 5.13. The number of aromatic nitrogens is 1. The lowest BCUT2D eigenvalue weighted by Gasteiger charge is -2.23. The van der Waals surface area contributed by atoms with Gasteiger partial charge in [0.1, 0.15) is 5.69 Å². The van der Waals surface area contributed by atoms with Gasteiger partial charge in [0.05, 0.1) is 0 Å². The number of hydrogen-bond donors (Lipinski definition) is 0. The molecule has 1 fully saturated rings. The number of benzene rings is 1. The Morgan fingerprint density at radius 2 is 1.88 bits per heavy atom. The van der Waals surface area contributed by atoms with Gasteiger partial charge in [-0.15, -0.1) is 0 Å². The average molecular weight is 332 g/mol. The Morgan fingerprint density at radius 3 is 2.64 bits per heavy atom. The molecule has 2 aromatic rings. The second-order valence-corrected chi connectivity index (χ2v) is 7.24. The highest BCUT2D eigenvalue weighted by atomic mass is 16.1. The van der Waals surface area contributed by atoms with Crippen molar-refractivity contribution in [3.63, 3.8) is 0 Å². The molecule has 1 aromatic heterocycles. The number of nitrogens with zero attached hydrogens (tertiary/aromatic N) is 2. The minimum absolute atomic E-state index is 0.00125. The van der Waals surface area contributed by atoms with Crippen molar-refractivity contribution in [2.75, 3.05) is 11.9 Å². The van der Waals surface area contributed by atoms with E-state index in [2.05, 4.69) is 41.2 Å². The maximum atomic E-state index is 12.8. The smallest absolute Gasteiger partial charge is 0.205 e. The van der Waals surface area contributed by atoms with Crippen LogP contribution in [-0.2, 0) is 0 Å². The molecule has 25 heavy (non-hydrogen) atoms. The normalized spacial score (nSPS) is 21.8. The number of rotatable bonds is 3. The Bertz CT molecular complexity index is 833. The first kappa shape index (κ1) is 16.1. The highest BCUT2D eigenvalue weighted by molar-refractivity contribution is 6.04. The number of pyridine rings is 1. The van der Waals surface area contributed by atoms with Crippen molar-refractivity contribution in [2.45, 2.75) is 38.5 Å². The van der Waals surface area contributed by atoms with Gasteiger partial charge in [0.2, 0.25) is 5.78 Å². The standard InChI is InChI=1S/C22H24N2O/c1-15-8-7-12-18(23-15)21(25)14-20-22(16-9-3-4-10-16)17-11-5-6-13-19(17)24(20)2/h5-8,11-14,16,22H,3-4,9-10H2,1-2H3. The molecule has 0 spiro atoms. The number of anilines is 1. The Hall–Kier alpha value is -2.42. The summed E-state index contributed by atoms with van der Waals surface area (Å²) in [7, 11) is 2.08. The maximum absolute atomic E-state index is 12.8.